The lowest BCUT2D eigenvalue weighted by Gasteiger charge is -2.20. The lowest BCUT2D eigenvalue weighted by molar-refractivity contribution is -0.159. The molecule has 0 bridgehead atoms. The number of ether oxygens (including phenoxy) is 2. The molecule has 0 spiro atoms. The van der Waals surface area contributed by atoms with Gasteiger partial charge in [0.05, 0.1) is 0 Å². The molecule has 0 aliphatic heterocycles. The topological polar surface area (TPSA) is 119 Å². The fraction of sp³-hybridized carbons (Fsp3) is 0.875. The molecule has 0 rings (SSSR count). The summed E-state index contributed by atoms with van der Waals surface area (Å²) in [6.07, 6.45) is -2.36. The maximum absolute atomic E-state index is 13.2. The Labute approximate surface area is 167 Å². The average molecular weight is 453 g/mol. The maximum atomic E-state index is 13.2. The Morgan fingerprint density at radius 2 is 1.48 bits per heavy atom. The predicted octanol–water partition coefficient (Wildman–Crippen LogP) is 3.51. The number of carbonyl (C=O) groups excluding carboxylic acids is 2. The molecule has 2 unspecified atom stereocenters. The van der Waals surface area contributed by atoms with E-state index in [2.05, 4.69) is 14.8 Å². The molecule has 2 atom stereocenters. The summed E-state index contributed by atoms with van der Waals surface area (Å²) in [6, 6.07) is 0. The highest BCUT2D eigenvalue weighted by Gasteiger charge is 2.51. The fourth-order valence-corrected chi connectivity index (χ4v) is 2.42. The molecule has 0 radical (unpaired) electrons. The number of esters is 1. The normalized spacial score (nSPS) is 14.8. The average Bonchev–Trinajstić information content (AvgIpc) is 2.55. The Balaban J connectivity index is 3.86. The summed E-state index contributed by atoms with van der Waals surface area (Å²) in [4.78, 5) is 22.8. The van der Waals surface area contributed by atoms with Crippen LogP contribution in [-0.2, 0) is 24.4 Å². The Hall–Kier alpha value is -1.63. The number of rotatable bonds is 13. The smallest absolute Gasteiger partial charge is 0.407 e. The molecule has 0 saturated carbocycles. The predicted molar refractivity (Wildman–Crippen MR) is 94.3 cm³/mol. The molecule has 0 aliphatic rings. The number of alkyl carbamates (subject to hydrolysis) is 1. The Morgan fingerprint density at radius 1 is 0.966 bits per heavy atom. The Morgan fingerprint density at radius 3 is 2.00 bits per heavy atom. The van der Waals surface area contributed by atoms with Gasteiger partial charge in [-0.25, -0.2) is 13.6 Å². The van der Waals surface area contributed by atoms with Crippen LogP contribution in [-0.4, -0.2) is 55.0 Å². The summed E-state index contributed by atoms with van der Waals surface area (Å²) in [7, 11) is -5.69. The SMILES string of the molecule is CC(OC(=O)NCCCCCCCC(=O)OC(C)C(F)(F)S(=O)(=O)O)C(C)(F)F. The zero-order chi connectivity index (χ0) is 22.9. The van der Waals surface area contributed by atoms with E-state index in [4.69, 9.17) is 4.55 Å². The van der Waals surface area contributed by atoms with E-state index in [0.29, 0.717) is 46.0 Å². The van der Waals surface area contributed by atoms with Gasteiger partial charge in [-0.15, -0.1) is 0 Å². The van der Waals surface area contributed by atoms with E-state index < -0.39 is 45.6 Å². The number of hydrogen-bond donors (Lipinski definition) is 2. The van der Waals surface area contributed by atoms with Crippen LogP contribution in [0.1, 0.15) is 59.3 Å². The van der Waals surface area contributed by atoms with Crippen LogP contribution in [0.3, 0.4) is 0 Å². The third-order valence-electron chi connectivity index (χ3n) is 3.95. The van der Waals surface area contributed by atoms with E-state index in [1.165, 1.54) is 0 Å². The second-order valence-corrected chi connectivity index (χ2v) is 8.11. The van der Waals surface area contributed by atoms with Crippen LogP contribution in [0.2, 0.25) is 0 Å². The van der Waals surface area contributed by atoms with Gasteiger partial charge >= 0.3 is 27.4 Å². The molecule has 29 heavy (non-hydrogen) atoms. The molecular weight excluding hydrogens is 426 g/mol. The summed E-state index contributed by atoms with van der Waals surface area (Å²) in [6.45, 7) is 2.59. The molecule has 0 aromatic heterocycles. The minimum absolute atomic E-state index is 0.209. The van der Waals surface area contributed by atoms with Crippen molar-refractivity contribution >= 4 is 22.2 Å². The van der Waals surface area contributed by atoms with E-state index in [1.54, 1.807) is 0 Å². The number of unbranched alkanes of at least 4 members (excludes halogenated alkanes) is 4. The Bertz CT molecular complexity index is 638. The van der Waals surface area contributed by atoms with Gasteiger partial charge in [0.15, 0.2) is 12.2 Å². The number of halogens is 4. The van der Waals surface area contributed by atoms with Gasteiger partial charge < -0.3 is 14.8 Å². The lowest BCUT2D eigenvalue weighted by atomic mass is 10.1. The third kappa shape index (κ3) is 10.6. The van der Waals surface area contributed by atoms with Gasteiger partial charge in [0.1, 0.15) is 0 Å². The number of nitrogens with one attached hydrogen (secondary N) is 1. The molecule has 13 heteroatoms. The summed E-state index contributed by atoms with van der Waals surface area (Å²) < 4.78 is 90.5. The van der Waals surface area contributed by atoms with Crippen LogP contribution in [0.5, 0.6) is 0 Å². The second kappa shape index (κ2) is 11.5. The molecule has 0 fully saturated rings. The highest BCUT2D eigenvalue weighted by atomic mass is 32.2. The molecule has 0 saturated heterocycles. The van der Waals surface area contributed by atoms with Gasteiger partial charge in [-0.2, -0.15) is 17.2 Å². The molecule has 172 valence electrons. The molecule has 0 aromatic carbocycles. The van der Waals surface area contributed by atoms with Gasteiger partial charge in [-0.1, -0.05) is 19.3 Å². The molecule has 8 nitrogen and oxygen atoms in total. The van der Waals surface area contributed by atoms with Crippen molar-refractivity contribution in [2.45, 2.75) is 82.7 Å². The van der Waals surface area contributed by atoms with Crippen molar-refractivity contribution < 1.29 is 49.6 Å². The largest absolute Gasteiger partial charge is 0.455 e. The number of alkyl halides is 4. The van der Waals surface area contributed by atoms with Crippen molar-refractivity contribution in [1.29, 1.82) is 0 Å². The number of amides is 1. The van der Waals surface area contributed by atoms with Crippen molar-refractivity contribution in [1.82, 2.24) is 5.32 Å². The summed E-state index contributed by atoms with van der Waals surface area (Å²) in [5, 5.41) is -2.26. The highest BCUT2D eigenvalue weighted by molar-refractivity contribution is 7.86. The van der Waals surface area contributed by atoms with Crippen LogP contribution in [0.25, 0.3) is 0 Å². The highest BCUT2D eigenvalue weighted by Crippen LogP contribution is 2.27. The van der Waals surface area contributed by atoms with Crippen molar-refractivity contribution in [3.05, 3.63) is 0 Å². The number of carbonyl (C=O) groups is 2. The van der Waals surface area contributed by atoms with Gasteiger partial charge in [0.2, 0.25) is 0 Å². The Kier molecular flexibility index (Phi) is 10.9. The van der Waals surface area contributed by atoms with Gasteiger partial charge in [-0.05, 0) is 26.7 Å². The van der Waals surface area contributed by atoms with Crippen LogP contribution in [0.4, 0.5) is 22.4 Å². The van der Waals surface area contributed by atoms with E-state index in [1.807, 2.05) is 0 Å². The summed E-state index contributed by atoms with van der Waals surface area (Å²) >= 11 is 0. The first-order chi connectivity index (χ1) is 13.1. The third-order valence-corrected chi connectivity index (χ3v) is 4.97. The van der Waals surface area contributed by atoms with Gasteiger partial charge in [-0.3, -0.25) is 9.35 Å². The first kappa shape index (κ1) is 27.4. The molecule has 0 aromatic rings. The van der Waals surface area contributed by atoms with E-state index in [9.17, 15) is 35.6 Å². The van der Waals surface area contributed by atoms with Gasteiger partial charge in [0, 0.05) is 19.9 Å². The zero-order valence-corrected chi connectivity index (χ0v) is 17.2. The van der Waals surface area contributed by atoms with E-state index >= 15 is 0 Å². The van der Waals surface area contributed by atoms with Crippen molar-refractivity contribution in [3.8, 4) is 0 Å². The molecule has 1 amide bonds. The molecule has 2 N–H and O–H groups in total. The summed E-state index contributed by atoms with van der Waals surface area (Å²) in [5.74, 6) is -4.16. The van der Waals surface area contributed by atoms with E-state index in [0.717, 1.165) is 6.92 Å². The monoisotopic (exact) mass is 453 g/mol. The maximum Gasteiger partial charge on any atom is 0.407 e. The standard InChI is InChI=1S/C16H27F4NO7S/c1-11(15(3,17)18)28-14(23)21-10-8-6-4-5-7-9-13(22)27-12(2)16(19,20)29(24,25)26/h11-12H,4-10H2,1-3H3,(H,21,23)(H,24,25,26). The van der Waals surface area contributed by atoms with Crippen LogP contribution >= 0.6 is 0 Å². The summed E-state index contributed by atoms with van der Waals surface area (Å²) in [5.41, 5.74) is 0. The number of hydrogen-bond acceptors (Lipinski definition) is 6. The van der Waals surface area contributed by atoms with Gasteiger partial charge in [0.25, 0.3) is 5.92 Å². The first-order valence-electron chi connectivity index (χ1n) is 8.95. The van der Waals surface area contributed by atoms with E-state index in [-0.39, 0.29) is 13.0 Å². The molecule has 0 heterocycles. The quantitative estimate of drug-likeness (QED) is 0.190. The van der Waals surface area contributed by atoms with Crippen molar-refractivity contribution in [2.75, 3.05) is 6.54 Å². The zero-order valence-electron chi connectivity index (χ0n) is 16.4. The lowest BCUT2D eigenvalue weighted by Crippen LogP contribution is -2.41. The molecular formula is C16H27F4NO7S. The van der Waals surface area contributed by atoms with Crippen molar-refractivity contribution in [3.63, 3.8) is 0 Å². The fourth-order valence-electron chi connectivity index (χ4n) is 1.96. The molecule has 0 aliphatic carbocycles. The van der Waals surface area contributed by atoms with Crippen LogP contribution < -0.4 is 5.32 Å². The van der Waals surface area contributed by atoms with Crippen LogP contribution in [0, 0.1) is 0 Å². The minimum atomic E-state index is -5.69. The van der Waals surface area contributed by atoms with Crippen LogP contribution in [0.15, 0.2) is 0 Å². The second-order valence-electron chi connectivity index (χ2n) is 6.62. The first-order valence-corrected chi connectivity index (χ1v) is 10.4. The van der Waals surface area contributed by atoms with Crippen molar-refractivity contribution in [2.24, 2.45) is 0 Å². The minimum Gasteiger partial charge on any atom is -0.455 e.